The third kappa shape index (κ3) is 4.85. The summed E-state index contributed by atoms with van der Waals surface area (Å²) >= 11 is 1.89. The molecule has 2 aromatic rings. The van der Waals surface area contributed by atoms with Gasteiger partial charge in [0.1, 0.15) is 18.0 Å². The molecular formula is C23H30FN5OS. The van der Waals surface area contributed by atoms with Gasteiger partial charge in [0.25, 0.3) is 0 Å². The lowest BCUT2D eigenvalue weighted by molar-refractivity contribution is -0.133. The number of piperazine rings is 1. The number of hydrogen-bond acceptors (Lipinski definition) is 6. The van der Waals surface area contributed by atoms with Crippen LogP contribution in [0, 0.1) is 5.82 Å². The van der Waals surface area contributed by atoms with Crippen LogP contribution in [0.4, 0.5) is 10.2 Å². The van der Waals surface area contributed by atoms with Crippen LogP contribution in [0.1, 0.15) is 55.2 Å². The summed E-state index contributed by atoms with van der Waals surface area (Å²) in [6.07, 6.45) is 2.16. The fourth-order valence-electron chi connectivity index (χ4n) is 4.42. The number of halogens is 1. The molecule has 0 aliphatic carbocycles. The number of aromatic nitrogens is 2. The number of nitrogens with zero attached hydrogens (tertiary/aromatic N) is 4. The largest absolute Gasteiger partial charge is 0.353 e. The fraction of sp³-hybridized carbons (Fsp3) is 0.522. The Hall–Kier alpha value is -2.19. The first-order valence-electron chi connectivity index (χ1n) is 10.8. The molecule has 1 saturated heterocycles. The normalized spacial score (nSPS) is 20.0. The highest BCUT2D eigenvalue weighted by molar-refractivity contribution is 7.99. The number of carbonyl (C=O) groups is 1. The number of carbonyl (C=O) groups excluding carboxylic acids is 1. The van der Waals surface area contributed by atoms with Gasteiger partial charge in [0.15, 0.2) is 0 Å². The van der Waals surface area contributed by atoms with Crippen molar-refractivity contribution in [2.24, 2.45) is 5.73 Å². The van der Waals surface area contributed by atoms with E-state index in [1.54, 1.807) is 18.5 Å². The summed E-state index contributed by atoms with van der Waals surface area (Å²) in [7, 11) is 0. The van der Waals surface area contributed by atoms with Crippen LogP contribution < -0.4 is 10.6 Å². The molecule has 0 radical (unpaired) electrons. The van der Waals surface area contributed by atoms with Gasteiger partial charge >= 0.3 is 0 Å². The first kappa shape index (κ1) is 22.0. The Kier molecular flexibility index (Phi) is 6.21. The molecule has 2 N–H and O–H groups in total. The van der Waals surface area contributed by atoms with Crippen molar-refractivity contribution >= 4 is 23.5 Å². The average molecular weight is 444 g/mol. The zero-order valence-electron chi connectivity index (χ0n) is 18.3. The third-order valence-electron chi connectivity index (χ3n) is 6.01. The second-order valence-electron chi connectivity index (χ2n) is 9.12. The van der Waals surface area contributed by atoms with Crippen molar-refractivity contribution in [2.45, 2.75) is 49.7 Å². The molecule has 1 aromatic heterocycles. The van der Waals surface area contributed by atoms with Crippen LogP contribution in [0.25, 0.3) is 0 Å². The Labute approximate surface area is 187 Å². The minimum atomic E-state index is -0.508. The fourth-order valence-corrected chi connectivity index (χ4v) is 5.47. The molecule has 4 rings (SSSR count). The maximum atomic E-state index is 13.5. The van der Waals surface area contributed by atoms with Crippen molar-refractivity contribution in [3.05, 3.63) is 53.2 Å². The first-order valence-corrected chi connectivity index (χ1v) is 11.8. The third-order valence-corrected chi connectivity index (χ3v) is 7.19. The van der Waals surface area contributed by atoms with E-state index in [0.29, 0.717) is 24.8 Å². The van der Waals surface area contributed by atoms with Crippen LogP contribution in [0.5, 0.6) is 0 Å². The van der Waals surface area contributed by atoms with Gasteiger partial charge in [0.2, 0.25) is 5.91 Å². The predicted molar refractivity (Wildman–Crippen MR) is 123 cm³/mol. The highest BCUT2D eigenvalue weighted by Gasteiger charge is 2.34. The van der Waals surface area contributed by atoms with Crippen molar-refractivity contribution in [3.8, 4) is 0 Å². The molecule has 3 heterocycles. The highest BCUT2D eigenvalue weighted by Crippen LogP contribution is 2.44. The molecule has 6 nitrogen and oxygen atoms in total. The Morgan fingerprint density at radius 3 is 2.55 bits per heavy atom. The summed E-state index contributed by atoms with van der Waals surface area (Å²) in [5.41, 5.74) is 8.93. The van der Waals surface area contributed by atoms with E-state index in [9.17, 15) is 9.18 Å². The lowest BCUT2D eigenvalue weighted by Crippen LogP contribution is -2.51. The smallest absolute Gasteiger partial charge is 0.230 e. The summed E-state index contributed by atoms with van der Waals surface area (Å²) in [6.45, 7) is 8.76. The Morgan fingerprint density at radius 2 is 1.90 bits per heavy atom. The molecule has 2 aliphatic heterocycles. The number of benzene rings is 1. The SMILES string of the molecule is C[C@@H]1SCc2ncnc(N3CCN(C(=O)C(CC(C)(C)N)c4ccc(F)cc4)CC3)c21. The van der Waals surface area contributed by atoms with Crippen LogP contribution >= 0.6 is 11.8 Å². The van der Waals surface area contributed by atoms with E-state index >= 15 is 0 Å². The molecule has 2 aliphatic rings. The van der Waals surface area contributed by atoms with Crippen LogP contribution in [0.3, 0.4) is 0 Å². The minimum Gasteiger partial charge on any atom is -0.353 e. The van der Waals surface area contributed by atoms with Crippen LogP contribution in [0.15, 0.2) is 30.6 Å². The van der Waals surface area contributed by atoms with Crippen molar-refractivity contribution in [2.75, 3.05) is 31.1 Å². The maximum Gasteiger partial charge on any atom is 0.230 e. The summed E-state index contributed by atoms with van der Waals surface area (Å²) in [6, 6.07) is 6.21. The number of hydrogen-bond donors (Lipinski definition) is 1. The van der Waals surface area contributed by atoms with Gasteiger partial charge in [-0.15, -0.1) is 11.8 Å². The second-order valence-corrected chi connectivity index (χ2v) is 10.4. The van der Waals surface area contributed by atoms with Gasteiger partial charge in [-0.1, -0.05) is 12.1 Å². The Bertz CT molecular complexity index is 938. The van der Waals surface area contributed by atoms with E-state index in [1.165, 1.54) is 17.7 Å². The number of rotatable bonds is 5. The number of amides is 1. The van der Waals surface area contributed by atoms with Gasteiger partial charge in [-0.05, 0) is 44.9 Å². The first-order chi connectivity index (χ1) is 14.7. The van der Waals surface area contributed by atoms with Crippen molar-refractivity contribution in [1.82, 2.24) is 14.9 Å². The summed E-state index contributed by atoms with van der Waals surface area (Å²) in [4.78, 5) is 26.7. The van der Waals surface area contributed by atoms with Gasteiger partial charge in [0.05, 0.1) is 11.6 Å². The van der Waals surface area contributed by atoms with E-state index in [4.69, 9.17) is 5.73 Å². The van der Waals surface area contributed by atoms with E-state index in [1.807, 2.05) is 30.5 Å². The quantitative estimate of drug-likeness (QED) is 0.763. The van der Waals surface area contributed by atoms with Crippen LogP contribution in [-0.2, 0) is 10.5 Å². The van der Waals surface area contributed by atoms with Crippen LogP contribution in [-0.4, -0.2) is 52.5 Å². The monoisotopic (exact) mass is 443 g/mol. The molecule has 2 atom stereocenters. The van der Waals surface area contributed by atoms with Crippen molar-refractivity contribution in [3.63, 3.8) is 0 Å². The van der Waals surface area contributed by atoms with Crippen molar-refractivity contribution < 1.29 is 9.18 Å². The van der Waals surface area contributed by atoms with Gasteiger partial charge in [-0.3, -0.25) is 4.79 Å². The molecule has 1 amide bonds. The van der Waals surface area contributed by atoms with Gasteiger partial charge in [-0.25, -0.2) is 14.4 Å². The lowest BCUT2D eigenvalue weighted by Gasteiger charge is -2.38. The molecule has 166 valence electrons. The maximum absolute atomic E-state index is 13.5. The number of anilines is 1. The summed E-state index contributed by atoms with van der Waals surface area (Å²) in [5, 5.41) is 0.389. The predicted octanol–water partition coefficient (Wildman–Crippen LogP) is 3.48. The van der Waals surface area contributed by atoms with Crippen molar-refractivity contribution in [1.29, 1.82) is 0 Å². The highest BCUT2D eigenvalue weighted by atomic mass is 32.2. The van der Waals surface area contributed by atoms with Gasteiger partial charge in [-0.2, -0.15) is 0 Å². The van der Waals surface area contributed by atoms with E-state index < -0.39 is 5.54 Å². The molecule has 0 saturated carbocycles. The summed E-state index contributed by atoms with van der Waals surface area (Å²) < 4.78 is 13.4. The molecule has 0 bridgehead atoms. The minimum absolute atomic E-state index is 0.0571. The number of fused-ring (bicyclic) bond motifs is 1. The molecular weight excluding hydrogens is 413 g/mol. The standard InChI is InChI=1S/C23H30FN5OS/c1-15-20-19(13-31-15)26-14-27-21(20)28-8-10-29(11-9-28)22(30)18(12-23(2,3)25)16-4-6-17(24)7-5-16/h4-7,14-15,18H,8-13,25H2,1-3H3/t15-,18?/m0/s1. The van der Waals surface area contributed by atoms with Gasteiger partial charge < -0.3 is 15.5 Å². The Morgan fingerprint density at radius 1 is 1.23 bits per heavy atom. The molecule has 1 aromatic carbocycles. The lowest BCUT2D eigenvalue weighted by atomic mass is 9.85. The number of nitrogens with two attached hydrogens (primary N) is 1. The number of thioether (sulfide) groups is 1. The van der Waals surface area contributed by atoms with Gasteiger partial charge in [0, 0.05) is 48.3 Å². The molecule has 1 unspecified atom stereocenters. The molecule has 1 fully saturated rings. The second kappa shape index (κ2) is 8.74. The van der Waals surface area contributed by atoms with Crippen LogP contribution in [0.2, 0.25) is 0 Å². The van der Waals surface area contributed by atoms with E-state index in [2.05, 4.69) is 21.8 Å². The molecule has 8 heteroatoms. The molecule has 0 spiro atoms. The zero-order valence-corrected chi connectivity index (χ0v) is 19.2. The van der Waals surface area contributed by atoms with E-state index in [0.717, 1.165) is 35.9 Å². The Balaban J connectivity index is 1.49. The molecule has 31 heavy (non-hydrogen) atoms. The van der Waals surface area contributed by atoms with E-state index in [-0.39, 0.29) is 17.6 Å². The zero-order chi connectivity index (χ0) is 22.2. The topological polar surface area (TPSA) is 75.4 Å². The average Bonchev–Trinajstić information content (AvgIpc) is 3.13. The summed E-state index contributed by atoms with van der Waals surface area (Å²) in [5.74, 6) is 1.31.